The molecule has 21 heavy (non-hydrogen) atoms. The largest absolute Gasteiger partial charge is 0.350 e. The lowest BCUT2D eigenvalue weighted by molar-refractivity contribution is 0.0938. The highest BCUT2D eigenvalue weighted by Gasteiger charge is 2.11. The third kappa shape index (κ3) is 3.78. The Hall–Kier alpha value is -2.42. The van der Waals surface area contributed by atoms with Gasteiger partial charge >= 0.3 is 0 Å². The van der Waals surface area contributed by atoms with E-state index in [9.17, 15) is 9.59 Å². The number of benzene rings is 2. The van der Waals surface area contributed by atoms with Crippen molar-refractivity contribution in [2.75, 3.05) is 0 Å². The van der Waals surface area contributed by atoms with Crippen molar-refractivity contribution in [3.8, 4) is 0 Å². The molecule has 1 atom stereocenters. The number of ketones is 1. The molecule has 3 nitrogen and oxygen atoms in total. The van der Waals surface area contributed by atoms with Gasteiger partial charge in [-0.25, -0.2) is 0 Å². The second-order valence-corrected chi connectivity index (χ2v) is 5.06. The van der Waals surface area contributed by atoms with E-state index in [0.717, 1.165) is 6.42 Å². The van der Waals surface area contributed by atoms with Crippen LogP contribution >= 0.6 is 0 Å². The standard InChI is InChI=1S/C18H19NO2/c1-3-13(2)19-18(21)16-11-9-15(10-12-16)17(20)14-7-5-4-6-8-14/h4-13H,3H2,1-2H3,(H,19,21)/t13-/m1/s1. The van der Waals surface area contributed by atoms with Crippen LogP contribution in [0, 0.1) is 0 Å². The van der Waals surface area contributed by atoms with Crippen molar-refractivity contribution >= 4 is 11.7 Å². The van der Waals surface area contributed by atoms with Gasteiger partial charge in [-0.3, -0.25) is 9.59 Å². The summed E-state index contributed by atoms with van der Waals surface area (Å²) in [6, 6.07) is 16.0. The molecule has 0 saturated heterocycles. The van der Waals surface area contributed by atoms with Crippen molar-refractivity contribution in [1.82, 2.24) is 5.32 Å². The summed E-state index contributed by atoms with van der Waals surface area (Å²) in [5.74, 6) is -0.146. The Bertz CT molecular complexity index is 617. The van der Waals surface area contributed by atoms with Gasteiger partial charge in [-0.2, -0.15) is 0 Å². The summed E-state index contributed by atoms with van der Waals surface area (Å²) in [7, 11) is 0. The maximum absolute atomic E-state index is 12.3. The molecule has 0 aromatic heterocycles. The van der Waals surface area contributed by atoms with Crippen molar-refractivity contribution in [2.24, 2.45) is 0 Å². The summed E-state index contributed by atoms with van der Waals surface area (Å²) in [5, 5.41) is 2.90. The first kappa shape index (κ1) is 15.0. The number of nitrogens with one attached hydrogen (secondary N) is 1. The van der Waals surface area contributed by atoms with E-state index in [1.54, 1.807) is 36.4 Å². The molecule has 0 heterocycles. The summed E-state index contributed by atoms with van der Waals surface area (Å²) >= 11 is 0. The van der Waals surface area contributed by atoms with Crippen LogP contribution in [0.15, 0.2) is 54.6 Å². The molecule has 0 radical (unpaired) electrons. The molecule has 2 aromatic carbocycles. The molecule has 0 saturated carbocycles. The van der Waals surface area contributed by atoms with E-state index >= 15 is 0 Å². The van der Waals surface area contributed by atoms with Gasteiger partial charge in [0.2, 0.25) is 0 Å². The van der Waals surface area contributed by atoms with Crippen LogP contribution in [0.2, 0.25) is 0 Å². The van der Waals surface area contributed by atoms with Crippen LogP contribution in [0.3, 0.4) is 0 Å². The van der Waals surface area contributed by atoms with Crippen LogP contribution in [0.4, 0.5) is 0 Å². The zero-order valence-corrected chi connectivity index (χ0v) is 12.3. The minimum absolute atomic E-state index is 0.0375. The Morgan fingerprint density at radius 3 is 2.00 bits per heavy atom. The van der Waals surface area contributed by atoms with Crippen LogP contribution in [0.1, 0.15) is 46.5 Å². The van der Waals surface area contributed by atoms with E-state index < -0.39 is 0 Å². The molecule has 0 aliphatic heterocycles. The third-order valence-corrected chi connectivity index (χ3v) is 3.44. The molecule has 0 aliphatic rings. The van der Waals surface area contributed by atoms with Crippen molar-refractivity contribution in [1.29, 1.82) is 0 Å². The summed E-state index contributed by atoms with van der Waals surface area (Å²) in [4.78, 5) is 24.2. The quantitative estimate of drug-likeness (QED) is 0.853. The Labute approximate surface area is 125 Å². The number of carbonyl (C=O) groups excluding carboxylic acids is 2. The molecule has 0 bridgehead atoms. The molecule has 2 aromatic rings. The van der Waals surface area contributed by atoms with Crippen LogP contribution in [0.5, 0.6) is 0 Å². The summed E-state index contributed by atoms with van der Waals surface area (Å²) in [5.41, 5.74) is 1.80. The average molecular weight is 281 g/mol. The lowest BCUT2D eigenvalue weighted by Gasteiger charge is -2.11. The minimum atomic E-state index is -0.108. The maximum Gasteiger partial charge on any atom is 0.251 e. The zero-order valence-electron chi connectivity index (χ0n) is 12.3. The second-order valence-electron chi connectivity index (χ2n) is 5.06. The van der Waals surface area contributed by atoms with Crippen LogP contribution in [-0.2, 0) is 0 Å². The summed E-state index contributed by atoms with van der Waals surface area (Å²) in [6.07, 6.45) is 0.885. The smallest absolute Gasteiger partial charge is 0.251 e. The second kappa shape index (κ2) is 6.84. The molecule has 1 amide bonds. The fourth-order valence-corrected chi connectivity index (χ4v) is 1.94. The molecule has 0 aliphatic carbocycles. The normalized spacial score (nSPS) is 11.7. The fraction of sp³-hybridized carbons (Fsp3) is 0.222. The molecule has 2 rings (SSSR count). The summed E-state index contributed by atoms with van der Waals surface area (Å²) < 4.78 is 0. The van der Waals surface area contributed by atoms with Crippen molar-refractivity contribution in [3.63, 3.8) is 0 Å². The fourth-order valence-electron chi connectivity index (χ4n) is 1.94. The van der Waals surface area contributed by atoms with E-state index in [0.29, 0.717) is 16.7 Å². The molecule has 108 valence electrons. The Kier molecular flexibility index (Phi) is 4.88. The number of hydrogen-bond donors (Lipinski definition) is 1. The van der Waals surface area contributed by atoms with Gasteiger partial charge in [0.25, 0.3) is 5.91 Å². The van der Waals surface area contributed by atoms with Gasteiger partial charge in [-0.1, -0.05) is 49.4 Å². The van der Waals surface area contributed by atoms with Gasteiger partial charge < -0.3 is 5.32 Å². The predicted molar refractivity (Wildman–Crippen MR) is 83.5 cm³/mol. The first-order valence-corrected chi connectivity index (χ1v) is 7.12. The lowest BCUT2D eigenvalue weighted by Crippen LogP contribution is -2.31. The first-order valence-electron chi connectivity index (χ1n) is 7.12. The highest BCUT2D eigenvalue weighted by atomic mass is 16.1. The molecular weight excluding hydrogens is 262 g/mol. The maximum atomic E-state index is 12.3. The van der Waals surface area contributed by atoms with Gasteiger partial charge in [0.15, 0.2) is 5.78 Å². The van der Waals surface area contributed by atoms with Crippen molar-refractivity contribution in [2.45, 2.75) is 26.3 Å². The first-order chi connectivity index (χ1) is 10.1. The molecule has 3 heteroatoms. The SMILES string of the molecule is CC[C@@H](C)NC(=O)c1ccc(C(=O)c2ccccc2)cc1. The van der Waals surface area contributed by atoms with Gasteiger partial charge in [-0.15, -0.1) is 0 Å². The predicted octanol–water partition coefficient (Wildman–Crippen LogP) is 3.45. The van der Waals surface area contributed by atoms with Crippen molar-refractivity contribution < 1.29 is 9.59 Å². The Balaban J connectivity index is 2.12. The van der Waals surface area contributed by atoms with E-state index in [4.69, 9.17) is 0 Å². The van der Waals surface area contributed by atoms with Crippen LogP contribution < -0.4 is 5.32 Å². The summed E-state index contributed by atoms with van der Waals surface area (Å²) in [6.45, 7) is 3.98. The number of hydrogen-bond acceptors (Lipinski definition) is 2. The average Bonchev–Trinajstić information content (AvgIpc) is 2.55. The third-order valence-electron chi connectivity index (χ3n) is 3.44. The number of rotatable bonds is 5. The minimum Gasteiger partial charge on any atom is -0.350 e. The number of carbonyl (C=O) groups is 2. The number of amides is 1. The van der Waals surface area contributed by atoms with Gasteiger partial charge in [0, 0.05) is 22.7 Å². The van der Waals surface area contributed by atoms with E-state index in [2.05, 4.69) is 5.32 Å². The highest BCUT2D eigenvalue weighted by Crippen LogP contribution is 2.11. The van der Waals surface area contributed by atoms with Gasteiger partial charge in [-0.05, 0) is 25.5 Å². The molecule has 1 N–H and O–H groups in total. The van der Waals surface area contributed by atoms with Gasteiger partial charge in [0.05, 0.1) is 0 Å². The molecule has 0 spiro atoms. The molecular formula is C18H19NO2. The molecule has 0 unspecified atom stereocenters. The van der Waals surface area contributed by atoms with E-state index in [1.165, 1.54) is 0 Å². The highest BCUT2D eigenvalue weighted by molar-refractivity contribution is 6.09. The monoisotopic (exact) mass is 281 g/mol. The van der Waals surface area contributed by atoms with E-state index in [1.807, 2.05) is 32.0 Å². The van der Waals surface area contributed by atoms with E-state index in [-0.39, 0.29) is 17.7 Å². The Morgan fingerprint density at radius 1 is 0.905 bits per heavy atom. The lowest BCUT2D eigenvalue weighted by atomic mass is 10.0. The zero-order chi connectivity index (χ0) is 15.2. The van der Waals surface area contributed by atoms with Gasteiger partial charge in [0.1, 0.15) is 0 Å². The Morgan fingerprint density at radius 2 is 1.43 bits per heavy atom. The molecule has 0 fully saturated rings. The van der Waals surface area contributed by atoms with Crippen LogP contribution in [0.25, 0.3) is 0 Å². The topological polar surface area (TPSA) is 46.2 Å². The van der Waals surface area contributed by atoms with Crippen molar-refractivity contribution in [3.05, 3.63) is 71.3 Å². The van der Waals surface area contributed by atoms with Crippen LogP contribution in [-0.4, -0.2) is 17.7 Å².